The van der Waals surface area contributed by atoms with E-state index in [2.05, 4.69) is 0 Å². The van der Waals surface area contributed by atoms with E-state index >= 15 is 0 Å². The maximum absolute atomic E-state index is 0. The van der Waals surface area contributed by atoms with Crippen LogP contribution in [0.15, 0.2) is 0 Å². The summed E-state index contributed by atoms with van der Waals surface area (Å²) >= 11 is 0. The number of hydrogen-bond acceptors (Lipinski definition) is 0. The molecule has 0 bridgehead atoms. The van der Waals surface area contributed by atoms with Crippen molar-refractivity contribution < 1.29 is 105 Å². The van der Waals surface area contributed by atoms with Crippen molar-refractivity contribution in [1.82, 2.24) is 0 Å². The molecule has 5 heteroatoms. The molecule has 0 spiro atoms. The summed E-state index contributed by atoms with van der Waals surface area (Å²) in [6.45, 7) is 0. The molecule has 0 saturated carbocycles. The Morgan fingerprint density at radius 1 is 0.600 bits per heavy atom. The summed E-state index contributed by atoms with van der Waals surface area (Å²) in [6.07, 6.45) is 0. The summed E-state index contributed by atoms with van der Waals surface area (Å²) < 4.78 is 0. The first-order valence-corrected chi connectivity index (χ1v) is 0. The standard InChI is InChI=1S/Ce.3O.Yb/q+3;3*-2;+3. The molecule has 2 radical (unpaired) electrons. The van der Waals surface area contributed by atoms with Crippen LogP contribution >= 0.6 is 0 Å². The predicted octanol–water partition coefficient (Wildman–Crippen LogP) is -0.356. The average molecular weight is 361 g/mol. The van der Waals surface area contributed by atoms with Gasteiger partial charge in [-0.15, -0.1) is 0 Å². The molecule has 0 fully saturated rings. The van der Waals surface area contributed by atoms with Crippen molar-refractivity contribution in [3.05, 3.63) is 0 Å². The summed E-state index contributed by atoms with van der Waals surface area (Å²) in [7, 11) is 0. The van der Waals surface area contributed by atoms with Gasteiger partial charge in [0.1, 0.15) is 0 Å². The van der Waals surface area contributed by atoms with Gasteiger partial charge in [-0.1, -0.05) is 0 Å². The summed E-state index contributed by atoms with van der Waals surface area (Å²) in [6, 6.07) is 0. The second kappa shape index (κ2) is 29.3. The Kier molecular flexibility index (Phi) is 272. The zero-order chi connectivity index (χ0) is 0. The molecular weight excluding hydrogens is 361 g/mol. The van der Waals surface area contributed by atoms with Crippen LogP contribution in [0.5, 0.6) is 0 Å². The molecule has 36 valence electrons. The normalized spacial score (nSPS) is 0. The van der Waals surface area contributed by atoms with Gasteiger partial charge < -0.3 is 16.4 Å². The molecule has 0 heterocycles. The van der Waals surface area contributed by atoms with E-state index in [9.17, 15) is 0 Å². The van der Waals surface area contributed by atoms with Crippen molar-refractivity contribution in [2.24, 2.45) is 0 Å². The molecular formula is CeO3Yb. The fourth-order valence-corrected chi connectivity index (χ4v) is 0. The molecule has 0 rings (SSSR count). The first-order chi connectivity index (χ1) is 0. The van der Waals surface area contributed by atoms with E-state index < -0.39 is 0 Å². The Morgan fingerprint density at radius 3 is 0.600 bits per heavy atom. The van der Waals surface area contributed by atoms with E-state index in [1.54, 1.807) is 0 Å². The van der Waals surface area contributed by atoms with Crippen LogP contribution in [-0.2, 0) is 16.4 Å². The smallest absolute Gasteiger partial charge is 2.00 e. The monoisotopic (exact) mass is 362 g/mol. The Labute approximate surface area is 102 Å². The molecule has 5 heavy (non-hydrogen) atoms. The summed E-state index contributed by atoms with van der Waals surface area (Å²) in [5.41, 5.74) is 0. The Balaban J connectivity index is 0. The van der Waals surface area contributed by atoms with Gasteiger partial charge in [-0.2, -0.15) is 0 Å². The van der Waals surface area contributed by atoms with Gasteiger partial charge in [-0.3, -0.25) is 0 Å². The van der Waals surface area contributed by atoms with Crippen molar-refractivity contribution in [3.63, 3.8) is 0 Å². The molecule has 0 N–H and O–H groups in total. The summed E-state index contributed by atoms with van der Waals surface area (Å²) in [5.74, 6) is 0. The van der Waals surface area contributed by atoms with Crippen LogP contribution in [0, 0.1) is 88.7 Å². The maximum Gasteiger partial charge on any atom is 3.00 e. The minimum atomic E-state index is 0. The Hall–Kier alpha value is 2.78. The Bertz CT molecular complexity index is 6.85. The van der Waals surface area contributed by atoms with Crippen LogP contribution in [-0.4, -0.2) is 0 Å². The fraction of sp³-hybridized carbons (Fsp3) is 0. The molecule has 0 aromatic carbocycles. The molecule has 0 aromatic heterocycles. The molecule has 3 nitrogen and oxygen atoms in total. The molecule has 0 amide bonds. The van der Waals surface area contributed by atoms with Crippen molar-refractivity contribution >= 4 is 0 Å². The third-order valence-electron chi connectivity index (χ3n) is 0. The number of rotatable bonds is 0. The fourth-order valence-electron chi connectivity index (χ4n) is 0. The molecule has 0 atom stereocenters. The molecule has 0 unspecified atom stereocenters. The van der Waals surface area contributed by atoms with Crippen LogP contribution in [0.3, 0.4) is 0 Å². The summed E-state index contributed by atoms with van der Waals surface area (Å²) in [5, 5.41) is 0. The minimum absolute atomic E-state index is 0. The third kappa shape index (κ3) is 20.1. The van der Waals surface area contributed by atoms with E-state index in [-0.39, 0.29) is 105 Å². The van der Waals surface area contributed by atoms with Crippen LogP contribution in [0.4, 0.5) is 0 Å². The van der Waals surface area contributed by atoms with Crippen molar-refractivity contribution in [1.29, 1.82) is 0 Å². The van der Waals surface area contributed by atoms with Crippen LogP contribution < -0.4 is 0 Å². The van der Waals surface area contributed by atoms with Crippen LogP contribution in [0.25, 0.3) is 0 Å². The summed E-state index contributed by atoms with van der Waals surface area (Å²) in [4.78, 5) is 0. The van der Waals surface area contributed by atoms with Gasteiger partial charge in [0.15, 0.2) is 0 Å². The zero-order valence-electron chi connectivity index (χ0n) is 1.99. The molecule has 0 saturated heterocycles. The van der Waals surface area contributed by atoms with Gasteiger partial charge in [0.25, 0.3) is 0 Å². The van der Waals surface area contributed by atoms with Crippen molar-refractivity contribution in [2.75, 3.05) is 0 Å². The maximum atomic E-state index is 0. The van der Waals surface area contributed by atoms with E-state index in [0.717, 1.165) is 0 Å². The zero-order valence-corrected chi connectivity index (χ0v) is 6.85. The van der Waals surface area contributed by atoms with Gasteiger partial charge in [0, 0.05) is 0 Å². The molecule has 0 aromatic rings. The van der Waals surface area contributed by atoms with E-state index in [1.165, 1.54) is 0 Å². The van der Waals surface area contributed by atoms with E-state index in [0.29, 0.717) is 0 Å². The van der Waals surface area contributed by atoms with Crippen molar-refractivity contribution in [3.8, 4) is 0 Å². The largest absolute Gasteiger partial charge is 3.00 e. The van der Waals surface area contributed by atoms with E-state index in [1.807, 2.05) is 0 Å². The third-order valence-corrected chi connectivity index (χ3v) is 0. The minimum Gasteiger partial charge on any atom is -2.00 e. The first-order valence-electron chi connectivity index (χ1n) is 0. The van der Waals surface area contributed by atoms with Crippen LogP contribution in [0.2, 0.25) is 0 Å². The predicted molar refractivity (Wildman–Crippen MR) is 2.06 cm³/mol. The molecule has 0 aliphatic rings. The topological polar surface area (TPSA) is 85.5 Å². The number of hydrogen-bond donors (Lipinski definition) is 0. The average Bonchev–Trinajstić information content (AvgIpc) is 0. The van der Waals surface area contributed by atoms with Gasteiger partial charge in [0.05, 0.1) is 0 Å². The van der Waals surface area contributed by atoms with Crippen LogP contribution in [0.1, 0.15) is 0 Å². The van der Waals surface area contributed by atoms with E-state index in [4.69, 9.17) is 0 Å². The second-order valence-electron chi connectivity index (χ2n) is 0. The quantitative estimate of drug-likeness (QED) is 0.565. The van der Waals surface area contributed by atoms with Gasteiger partial charge in [-0.25, -0.2) is 0 Å². The van der Waals surface area contributed by atoms with Gasteiger partial charge in [0.2, 0.25) is 0 Å². The molecule has 0 aliphatic heterocycles. The second-order valence-corrected chi connectivity index (χ2v) is 0. The van der Waals surface area contributed by atoms with Crippen molar-refractivity contribution in [2.45, 2.75) is 0 Å². The Morgan fingerprint density at radius 2 is 0.600 bits per heavy atom. The SMILES string of the molecule is [Ce+3].[O-2].[O-2].[O-2].[Yb+3]. The van der Waals surface area contributed by atoms with Gasteiger partial charge >= 0.3 is 88.7 Å². The van der Waals surface area contributed by atoms with Gasteiger partial charge in [-0.05, 0) is 0 Å². The molecule has 0 aliphatic carbocycles. The first kappa shape index (κ1) is 46.3.